The van der Waals surface area contributed by atoms with Gasteiger partial charge in [0.2, 0.25) is 5.91 Å². The van der Waals surface area contributed by atoms with Gasteiger partial charge in [-0.2, -0.15) is 0 Å². The molecule has 2 atom stereocenters. The molecule has 0 spiro atoms. The van der Waals surface area contributed by atoms with E-state index in [4.69, 9.17) is 5.11 Å². The summed E-state index contributed by atoms with van der Waals surface area (Å²) in [5, 5.41) is 11.9. The second-order valence-electron chi connectivity index (χ2n) is 6.86. The van der Waals surface area contributed by atoms with Gasteiger partial charge >= 0.3 is 5.97 Å². The predicted molar refractivity (Wildman–Crippen MR) is 78.5 cm³/mol. The van der Waals surface area contributed by atoms with E-state index in [2.05, 4.69) is 31.0 Å². The largest absolute Gasteiger partial charge is 0.481 e. The maximum Gasteiger partial charge on any atom is 0.307 e. The molecule has 1 fully saturated rings. The lowest BCUT2D eigenvalue weighted by molar-refractivity contribution is -0.146. The molecule has 0 aromatic heterocycles. The number of amides is 1. The number of rotatable bonds is 4. The molecule has 5 nitrogen and oxygen atoms in total. The summed E-state index contributed by atoms with van der Waals surface area (Å²) in [6.07, 6.45) is 1.86. The summed E-state index contributed by atoms with van der Waals surface area (Å²) >= 11 is 0. The Balaban J connectivity index is 2.44. The molecule has 0 radical (unpaired) electrons. The van der Waals surface area contributed by atoms with Crippen molar-refractivity contribution in [2.75, 3.05) is 13.1 Å². The lowest BCUT2D eigenvalue weighted by Crippen LogP contribution is -2.51. The number of nitrogens with zero attached hydrogens (tertiary/aromatic N) is 1. The maximum absolute atomic E-state index is 12.0. The first-order valence-electron chi connectivity index (χ1n) is 7.41. The fourth-order valence-corrected chi connectivity index (χ4v) is 2.47. The molecule has 1 aliphatic rings. The SMILES string of the molecule is CC(C(=O)O)C(C)C(=O)NC1CCN(C(C)(C)C)CC1. The molecule has 1 amide bonds. The maximum atomic E-state index is 12.0. The number of likely N-dealkylation sites (tertiary alicyclic amines) is 1. The first-order chi connectivity index (χ1) is 9.12. The van der Waals surface area contributed by atoms with Gasteiger partial charge in [0.25, 0.3) is 0 Å². The van der Waals surface area contributed by atoms with Crippen LogP contribution >= 0.6 is 0 Å². The highest BCUT2D eigenvalue weighted by Crippen LogP contribution is 2.20. The molecule has 0 aromatic carbocycles. The molecule has 5 heteroatoms. The Morgan fingerprint density at radius 2 is 1.65 bits per heavy atom. The standard InChI is InChI=1S/C15H28N2O3/c1-10(11(2)14(19)20)13(18)16-12-6-8-17(9-7-12)15(3,4)5/h10-12H,6-9H2,1-5H3,(H,16,18)(H,19,20). The number of carboxylic acid groups (broad SMARTS) is 1. The minimum Gasteiger partial charge on any atom is -0.481 e. The number of carbonyl (C=O) groups is 2. The predicted octanol–water partition coefficient (Wildman–Crippen LogP) is 1.72. The summed E-state index contributed by atoms with van der Waals surface area (Å²) in [4.78, 5) is 25.4. The molecule has 1 rings (SSSR count). The van der Waals surface area contributed by atoms with E-state index in [0.717, 1.165) is 25.9 Å². The fourth-order valence-electron chi connectivity index (χ4n) is 2.47. The van der Waals surface area contributed by atoms with Crippen LogP contribution in [0.2, 0.25) is 0 Å². The molecule has 1 saturated heterocycles. The van der Waals surface area contributed by atoms with Crippen molar-refractivity contribution in [3.8, 4) is 0 Å². The highest BCUT2D eigenvalue weighted by molar-refractivity contribution is 5.84. The molecule has 0 aromatic rings. The smallest absolute Gasteiger partial charge is 0.307 e. The molecule has 0 saturated carbocycles. The van der Waals surface area contributed by atoms with Crippen LogP contribution in [-0.2, 0) is 9.59 Å². The third-order valence-electron chi connectivity index (χ3n) is 4.34. The second kappa shape index (κ2) is 6.57. The van der Waals surface area contributed by atoms with Gasteiger partial charge in [-0.3, -0.25) is 14.5 Å². The van der Waals surface area contributed by atoms with Crippen molar-refractivity contribution in [1.29, 1.82) is 0 Å². The van der Waals surface area contributed by atoms with Gasteiger partial charge in [0, 0.05) is 30.6 Å². The first-order valence-corrected chi connectivity index (χ1v) is 7.41. The Kier molecular flexibility index (Phi) is 5.57. The zero-order valence-electron chi connectivity index (χ0n) is 13.3. The van der Waals surface area contributed by atoms with E-state index in [0.29, 0.717) is 0 Å². The Hall–Kier alpha value is -1.10. The first kappa shape index (κ1) is 17.0. The zero-order valence-corrected chi connectivity index (χ0v) is 13.3. The van der Waals surface area contributed by atoms with Gasteiger partial charge in [-0.05, 0) is 33.6 Å². The van der Waals surface area contributed by atoms with E-state index in [1.54, 1.807) is 13.8 Å². The van der Waals surface area contributed by atoms with Crippen molar-refractivity contribution in [3.63, 3.8) is 0 Å². The zero-order chi connectivity index (χ0) is 15.5. The van der Waals surface area contributed by atoms with Gasteiger partial charge in [0.1, 0.15) is 0 Å². The number of carboxylic acids is 1. The Labute approximate surface area is 121 Å². The van der Waals surface area contributed by atoms with Gasteiger partial charge in [-0.15, -0.1) is 0 Å². The van der Waals surface area contributed by atoms with Crippen LogP contribution in [-0.4, -0.2) is 46.6 Å². The number of hydrogen-bond acceptors (Lipinski definition) is 3. The highest BCUT2D eigenvalue weighted by Gasteiger charge is 2.30. The van der Waals surface area contributed by atoms with Crippen molar-refractivity contribution < 1.29 is 14.7 Å². The van der Waals surface area contributed by atoms with Crippen LogP contribution in [0.15, 0.2) is 0 Å². The molecule has 116 valence electrons. The second-order valence-corrected chi connectivity index (χ2v) is 6.86. The van der Waals surface area contributed by atoms with Gasteiger partial charge in [-0.25, -0.2) is 0 Å². The molecule has 2 N–H and O–H groups in total. The van der Waals surface area contributed by atoms with Gasteiger partial charge in [0.15, 0.2) is 0 Å². The summed E-state index contributed by atoms with van der Waals surface area (Å²) in [6, 6.07) is 0.171. The molecule has 0 aliphatic carbocycles. The number of carbonyl (C=O) groups excluding carboxylic acids is 1. The molecular formula is C15H28N2O3. The van der Waals surface area contributed by atoms with Crippen molar-refractivity contribution in [2.45, 2.75) is 59.0 Å². The van der Waals surface area contributed by atoms with Gasteiger partial charge in [-0.1, -0.05) is 13.8 Å². The Morgan fingerprint density at radius 3 is 2.05 bits per heavy atom. The fraction of sp³-hybridized carbons (Fsp3) is 0.867. The minimum absolute atomic E-state index is 0.144. The summed E-state index contributed by atoms with van der Waals surface area (Å²) in [6.45, 7) is 11.8. The third kappa shape index (κ3) is 4.47. The van der Waals surface area contributed by atoms with Crippen molar-refractivity contribution in [3.05, 3.63) is 0 Å². The summed E-state index contributed by atoms with van der Waals surface area (Å²) in [5.74, 6) is -2.21. The molecular weight excluding hydrogens is 256 g/mol. The van der Waals surface area contributed by atoms with E-state index in [-0.39, 0.29) is 17.5 Å². The van der Waals surface area contributed by atoms with Gasteiger partial charge in [0.05, 0.1) is 5.92 Å². The lowest BCUT2D eigenvalue weighted by Gasteiger charge is -2.41. The van der Waals surface area contributed by atoms with E-state index in [9.17, 15) is 9.59 Å². The van der Waals surface area contributed by atoms with E-state index < -0.39 is 17.8 Å². The van der Waals surface area contributed by atoms with Crippen LogP contribution in [0.1, 0.15) is 47.5 Å². The average Bonchev–Trinajstić information content (AvgIpc) is 2.36. The molecule has 20 heavy (non-hydrogen) atoms. The normalized spacial score (nSPS) is 21.2. The van der Waals surface area contributed by atoms with Crippen LogP contribution in [0.4, 0.5) is 0 Å². The minimum atomic E-state index is -0.921. The summed E-state index contributed by atoms with van der Waals surface area (Å²) in [5.41, 5.74) is 0.167. The van der Waals surface area contributed by atoms with Crippen LogP contribution in [0, 0.1) is 11.8 Å². The topological polar surface area (TPSA) is 69.6 Å². The van der Waals surface area contributed by atoms with Crippen LogP contribution in [0.5, 0.6) is 0 Å². The van der Waals surface area contributed by atoms with Crippen molar-refractivity contribution >= 4 is 11.9 Å². The van der Waals surface area contributed by atoms with E-state index in [1.165, 1.54) is 0 Å². The molecule has 1 aliphatic heterocycles. The van der Waals surface area contributed by atoms with Gasteiger partial charge < -0.3 is 10.4 Å². The number of piperidine rings is 1. The average molecular weight is 284 g/mol. The Morgan fingerprint density at radius 1 is 1.15 bits per heavy atom. The Bertz CT molecular complexity index is 355. The third-order valence-corrected chi connectivity index (χ3v) is 4.34. The van der Waals surface area contributed by atoms with Crippen molar-refractivity contribution in [2.24, 2.45) is 11.8 Å². The van der Waals surface area contributed by atoms with Crippen molar-refractivity contribution in [1.82, 2.24) is 10.2 Å². The summed E-state index contributed by atoms with van der Waals surface area (Å²) in [7, 11) is 0. The van der Waals surface area contributed by atoms with Crippen LogP contribution < -0.4 is 5.32 Å². The lowest BCUT2D eigenvalue weighted by atomic mass is 9.93. The van der Waals surface area contributed by atoms with Crippen LogP contribution in [0.25, 0.3) is 0 Å². The molecule has 2 unspecified atom stereocenters. The molecule has 0 bridgehead atoms. The highest BCUT2D eigenvalue weighted by atomic mass is 16.4. The van der Waals surface area contributed by atoms with E-state index >= 15 is 0 Å². The number of nitrogens with one attached hydrogen (secondary N) is 1. The number of hydrogen-bond donors (Lipinski definition) is 2. The number of aliphatic carboxylic acids is 1. The van der Waals surface area contributed by atoms with E-state index in [1.807, 2.05) is 0 Å². The summed E-state index contributed by atoms with van der Waals surface area (Å²) < 4.78 is 0. The molecule has 1 heterocycles. The monoisotopic (exact) mass is 284 g/mol. The van der Waals surface area contributed by atoms with Crippen LogP contribution in [0.3, 0.4) is 0 Å². The quantitative estimate of drug-likeness (QED) is 0.825.